The zero-order valence-corrected chi connectivity index (χ0v) is 19.8. The molecule has 2 saturated heterocycles. The van der Waals surface area contributed by atoms with Gasteiger partial charge in [-0.3, -0.25) is 9.78 Å². The molecule has 1 amide bonds. The smallest absolute Gasteiger partial charge is 0.331 e. The van der Waals surface area contributed by atoms with Crippen LogP contribution in [0.4, 0.5) is 0 Å². The summed E-state index contributed by atoms with van der Waals surface area (Å²) >= 11 is 1.53. The monoisotopic (exact) mass is 474 g/mol. The number of rotatable bonds is 6. The van der Waals surface area contributed by atoms with Crippen molar-refractivity contribution in [3.05, 3.63) is 102 Å². The molecule has 6 nitrogen and oxygen atoms in total. The van der Waals surface area contributed by atoms with Gasteiger partial charge < -0.3 is 14.7 Å². The topological polar surface area (TPSA) is 79.7 Å². The van der Waals surface area contributed by atoms with Gasteiger partial charge in [0.2, 0.25) is 5.91 Å². The van der Waals surface area contributed by atoms with Crippen LogP contribution in [0.15, 0.2) is 85.2 Å². The molecule has 2 aliphatic heterocycles. The molecule has 0 aliphatic carbocycles. The number of pyridine rings is 1. The molecule has 174 valence electrons. The number of nitrogens with zero attached hydrogens (tertiary/aromatic N) is 2. The fraction of sp³-hybridized carbons (Fsp3) is 0.296. The van der Waals surface area contributed by atoms with Crippen LogP contribution >= 0.6 is 11.8 Å². The van der Waals surface area contributed by atoms with Crippen molar-refractivity contribution in [2.75, 3.05) is 0 Å². The van der Waals surface area contributed by atoms with E-state index < -0.39 is 34.9 Å². The van der Waals surface area contributed by atoms with Crippen molar-refractivity contribution < 1.29 is 19.4 Å². The Bertz CT molecular complexity index is 1130. The Morgan fingerprint density at radius 3 is 2.15 bits per heavy atom. The highest BCUT2D eigenvalue weighted by atomic mass is 32.2. The Morgan fingerprint density at radius 1 is 1.00 bits per heavy atom. The second-order valence-corrected chi connectivity index (χ2v) is 10.9. The standard InChI is InChI=1S/C27H26N2O4S/c1-27(2)23(29-24(31)20(25(29)34-27)21(30)19-14-9-15-28-16-19)26(32)33-22(17-10-5-3-6-11-17)18-12-7-4-8-13-18/h3-16,20-23,25,30H,1-2H3/t20-,21?,23-,25+/m0/s1. The summed E-state index contributed by atoms with van der Waals surface area (Å²) in [6, 6.07) is 21.9. The van der Waals surface area contributed by atoms with Gasteiger partial charge in [-0.2, -0.15) is 0 Å². The third kappa shape index (κ3) is 3.89. The van der Waals surface area contributed by atoms with Crippen molar-refractivity contribution in [1.29, 1.82) is 0 Å². The predicted octanol–water partition coefficient (Wildman–Crippen LogP) is 4.13. The number of benzene rings is 2. The number of ether oxygens (including phenoxy) is 1. The number of carbonyl (C=O) groups excluding carboxylic acids is 2. The number of amides is 1. The third-order valence-electron chi connectivity index (χ3n) is 6.51. The van der Waals surface area contributed by atoms with Gasteiger partial charge in [0, 0.05) is 17.1 Å². The van der Waals surface area contributed by atoms with Crippen molar-refractivity contribution >= 4 is 23.6 Å². The van der Waals surface area contributed by atoms with Crippen molar-refractivity contribution in [3.63, 3.8) is 0 Å². The second-order valence-electron chi connectivity index (χ2n) is 9.16. The van der Waals surface area contributed by atoms with Gasteiger partial charge in [-0.1, -0.05) is 66.7 Å². The molecule has 1 aromatic heterocycles. The number of hydrogen-bond donors (Lipinski definition) is 1. The number of aromatic nitrogens is 1. The quantitative estimate of drug-likeness (QED) is 0.428. The molecule has 0 radical (unpaired) electrons. The Morgan fingerprint density at radius 2 is 1.59 bits per heavy atom. The van der Waals surface area contributed by atoms with Gasteiger partial charge in [0.15, 0.2) is 6.10 Å². The van der Waals surface area contributed by atoms with E-state index in [9.17, 15) is 14.7 Å². The number of thioether (sulfide) groups is 1. The van der Waals surface area contributed by atoms with Crippen LogP contribution in [0.5, 0.6) is 0 Å². The molecule has 3 heterocycles. The van der Waals surface area contributed by atoms with Crippen LogP contribution in [0.25, 0.3) is 0 Å². The number of aliphatic hydroxyl groups excluding tert-OH is 1. The predicted molar refractivity (Wildman–Crippen MR) is 130 cm³/mol. The van der Waals surface area contributed by atoms with Crippen LogP contribution in [-0.4, -0.2) is 43.0 Å². The molecule has 7 heteroatoms. The fourth-order valence-corrected chi connectivity index (χ4v) is 6.55. The van der Waals surface area contributed by atoms with Crippen LogP contribution in [-0.2, 0) is 14.3 Å². The first-order valence-corrected chi connectivity index (χ1v) is 12.1. The molecule has 2 aromatic carbocycles. The van der Waals surface area contributed by atoms with Crippen LogP contribution in [0.1, 0.15) is 42.7 Å². The molecule has 34 heavy (non-hydrogen) atoms. The first-order valence-electron chi connectivity index (χ1n) is 11.3. The summed E-state index contributed by atoms with van der Waals surface area (Å²) in [4.78, 5) is 32.4. The molecule has 0 spiro atoms. The third-order valence-corrected chi connectivity index (χ3v) is 8.10. The normalized spacial score (nSPS) is 23.8. The molecule has 2 aliphatic rings. The summed E-state index contributed by atoms with van der Waals surface area (Å²) in [5.74, 6) is -1.30. The lowest BCUT2D eigenvalue weighted by molar-refractivity contribution is -0.173. The maximum Gasteiger partial charge on any atom is 0.331 e. The van der Waals surface area contributed by atoms with Gasteiger partial charge in [-0.15, -0.1) is 11.8 Å². The molecule has 5 rings (SSSR count). The maximum atomic E-state index is 13.6. The molecular formula is C27H26N2O4S. The van der Waals surface area contributed by atoms with Crippen molar-refractivity contribution in [3.8, 4) is 0 Å². The molecular weight excluding hydrogens is 448 g/mol. The minimum Gasteiger partial charge on any atom is -0.451 e. The van der Waals surface area contributed by atoms with E-state index in [-0.39, 0.29) is 11.3 Å². The summed E-state index contributed by atoms with van der Waals surface area (Å²) in [6.07, 6.45) is 1.65. The van der Waals surface area contributed by atoms with Crippen molar-refractivity contribution in [2.45, 2.75) is 42.2 Å². The molecule has 1 N–H and O–H groups in total. The van der Waals surface area contributed by atoms with E-state index in [1.807, 2.05) is 74.5 Å². The number of carbonyl (C=O) groups is 2. The summed E-state index contributed by atoms with van der Waals surface area (Å²) in [6.45, 7) is 3.89. The summed E-state index contributed by atoms with van der Waals surface area (Å²) in [7, 11) is 0. The minimum atomic E-state index is -0.970. The van der Waals surface area contributed by atoms with Crippen molar-refractivity contribution in [1.82, 2.24) is 9.88 Å². The Kier molecular flexibility index (Phi) is 5.91. The van der Waals surface area contributed by atoms with Gasteiger partial charge in [0.05, 0.1) is 17.4 Å². The van der Waals surface area contributed by atoms with Gasteiger partial charge in [-0.05, 0) is 36.6 Å². The summed E-state index contributed by atoms with van der Waals surface area (Å²) in [5.41, 5.74) is 2.32. The lowest BCUT2D eigenvalue weighted by Crippen LogP contribution is -2.64. The molecule has 0 saturated carbocycles. The number of esters is 1. The maximum absolute atomic E-state index is 13.6. The lowest BCUT2D eigenvalue weighted by atomic mass is 9.85. The second kappa shape index (κ2) is 8.89. The highest BCUT2D eigenvalue weighted by Gasteiger charge is 2.65. The van der Waals surface area contributed by atoms with Crippen LogP contribution in [0.2, 0.25) is 0 Å². The zero-order chi connectivity index (χ0) is 23.9. The Labute approximate surface area is 203 Å². The van der Waals surface area contributed by atoms with Crippen molar-refractivity contribution in [2.24, 2.45) is 5.92 Å². The highest BCUT2D eigenvalue weighted by molar-refractivity contribution is 8.01. The van der Waals surface area contributed by atoms with Crippen LogP contribution in [0.3, 0.4) is 0 Å². The highest BCUT2D eigenvalue weighted by Crippen LogP contribution is 2.56. The van der Waals surface area contributed by atoms with E-state index in [4.69, 9.17) is 4.74 Å². The molecule has 4 atom stereocenters. The number of aliphatic hydroxyl groups is 1. The van der Waals surface area contributed by atoms with Crippen LogP contribution in [0, 0.1) is 5.92 Å². The van der Waals surface area contributed by atoms with E-state index in [1.54, 1.807) is 29.4 Å². The SMILES string of the molecule is CC1(C)S[C@@H]2[C@@H](C(O)c3cccnc3)C(=O)N2[C@H]1C(=O)OC(c1ccccc1)c1ccccc1. The van der Waals surface area contributed by atoms with Gasteiger partial charge in [-0.25, -0.2) is 4.79 Å². The summed E-state index contributed by atoms with van der Waals surface area (Å²) < 4.78 is 5.53. The first kappa shape index (κ1) is 22.6. The fourth-order valence-electron chi connectivity index (χ4n) is 4.84. The van der Waals surface area contributed by atoms with E-state index >= 15 is 0 Å². The van der Waals surface area contributed by atoms with Crippen LogP contribution < -0.4 is 0 Å². The van der Waals surface area contributed by atoms with E-state index in [0.29, 0.717) is 5.56 Å². The average Bonchev–Trinajstić information content (AvgIpc) is 3.11. The van der Waals surface area contributed by atoms with E-state index in [0.717, 1.165) is 11.1 Å². The number of hydrogen-bond acceptors (Lipinski definition) is 6. The molecule has 3 aromatic rings. The van der Waals surface area contributed by atoms with Gasteiger partial charge >= 0.3 is 5.97 Å². The molecule has 2 fully saturated rings. The number of β-lactam (4-membered cyclic amide) rings is 1. The first-order chi connectivity index (χ1) is 16.4. The average molecular weight is 475 g/mol. The van der Waals surface area contributed by atoms with E-state index in [1.165, 1.54) is 11.8 Å². The Balaban J connectivity index is 1.40. The minimum absolute atomic E-state index is 0.239. The molecule has 0 bridgehead atoms. The zero-order valence-electron chi connectivity index (χ0n) is 18.9. The van der Waals surface area contributed by atoms with Gasteiger partial charge in [0.1, 0.15) is 6.04 Å². The number of fused-ring (bicyclic) bond motifs is 1. The molecule has 1 unspecified atom stereocenters. The summed E-state index contributed by atoms with van der Waals surface area (Å²) in [5, 5.41) is 10.6. The Hall–Kier alpha value is -3.16. The lowest BCUT2D eigenvalue weighted by Gasteiger charge is -2.46. The van der Waals surface area contributed by atoms with Gasteiger partial charge in [0.25, 0.3) is 0 Å². The largest absolute Gasteiger partial charge is 0.451 e. The van der Waals surface area contributed by atoms with E-state index in [2.05, 4.69) is 4.98 Å².